The van der Waals surface area contributed by atoms with E-state index in [1.807, 2.05) is 0 Å². The predicted molar refractivity (Wildman–Crippen MR) is 113 cm³/mol. The maximum absolute atomic E-state index is 14.8. The van der Waals surface area contributed by atoms with Crippen LogP contribution >= 0.6 is 0 Å². The van der Waals surface area contributed by atoms with E-state index in [-0.39, 0.29) is 17.0 Å². The summed E-state index contributed by atoms with van der Waals surface area (Å²) in [6.45, 7) is 2.14. The average Bonchev–Trinajstić information content (AvgIpc) is 2.73. The van der Waals surface area contributed by atoms with Gasteiger partial charge in [-0.3, -0.25) is 0 Å². The molecular weight excluding hydrogens is 426 g/mol. The zero-order chi connectivity index (χ0) is 23.3. The van der Waals surface area contributed by atoms with Crippen molar-refractivity contribution in [1.29, 1.82) is 0 Å². The SMILES string of the molecule is CCCC=CC1CCC(c2ccc(-c3cc(F)c(C#CC(F)(F)F)c(F)c3)c(F)c2)CC1. The minimum atomic E-state index is -4.87. The lowest BCUT2D eigenvalue weighted by molar-refractivity contribution is -0.0696. The van der Waals surface area contributed by atoms with Crippen LogP contribution in [-0.2, 0) is 0 Å². The lowest BCUT2D eigenvalue weighted by atomic mass is 9.78. The summed E-state index contributed by atoms with van der Waals surface area (Å²) in [7, 11) is 0. The van der Waals surface area contributed by atoms with Crippen LogP contribution in [0.4, 0.5) is 26.3 Å². The fourth-order valence-corrected chi connectivity index (χ4v) is 4.10. The van der Waals surface area contributed by atoms with Gasteiger partial charge in [0.1, 0.15) is 17.5 Å². The summed E-state index contributed by atoms with van der Waals surface area (Å²) in [6.07, 6.45) is 5.76. The number of alkyl halides is 3. The minimum absolute atomic E-state index is 0.0157. The number of unbranched alkanes of at least 4 members (excludes halogenated alkanes) is 1. The molecule has 1 aliphatic carbocycles. The number of benzene rings is 2. The molecule has 0 atom stereocenters. The molecule has 2 aromatic rings. The highest BCUT2D eigenvalue weighted by Gasteiger charge is 2.24. The van der Waals surface area contributed by atoms with E-state index in [2.05, 4.69) is 19.1 Å². The van der Waals surface area contributed by atoms with Crippen molar-refractivity contribution in [3.63, 3.8) is 0 Å². The van der Waals surface area contributed by atoms with Gasteiger partial charge in [-0.15, -0.1) is 0 Å². The lowest BCUT2D eigenvalue weighted by Crippen LogP contribution is -2.12. The van der Waals surface area contributed by atoms with Gasteiger partial charge in [-0.05, 0) is 73.3 Å². The molecule has 0 unspecified atom stereocenters. The Balaban J connectivity index is 1.76. The van der Waals surface area contributed by atoms with Gasteiger partial charge in [0.15, 0.2) is 0 Å². The highest BCUT2D eigenvalue weighted by Crippen LogP contribution is 2.38. The summed E-state index contributed by atoms with van der Waals surface area (Å²) >= 11 is 0. The highest BCUT2D eigenvalue weighted by atomic mass is 19.4. The Kier molecular flexibility index (Phi) is 7.71. The maximum atomic E-state index is 14.8. The van der Waals surface area contributed by atoms with E-state index in [0.717, 1.165) is 62.1 Å². The number of hydrogen-bond acceptors (Lipinski definition) is 0. The fraction of sp³-hybridized carbons (Fsp3) is 0.385. The predicted octanol–water partition coefficient (Wildman–Crippen LogP) is 8.31. The van der Waals surface area contributed by atoms with Crippen LogP contribution in [0.15, 0.2) is 42.5 Å². The molecule has 2 aromatic carbocycles. The van der Waals surface area contributed by atoms with Gasteiger partial charge in [0.05, 0.1) is 5.56 Å². The van der Waals surface area contributed by atoms with Crippen molar-refractivity contribution in [2.24, 2.45) is 5.92 Å². The average molecular weight is 450 g/mol. The highest BCUT2D eigenvalue weighted by molar-refractivity contribution is 5.66. The van der Waals surface area contributed by atoms with Crippen molar-refractivity contribution in [3.8, 4) is 23.0 Å². The first-order chi connectivity index (χ1) is 15.2. The molecule has 0 aliphatic heterocycles. The molecule has 170 valence electrons. The van der Waals surface area contributed by atoms with Gasteiger partial charge in [0, 0.05) is 11.5 Å². The Bertz CT molecular complexity index is 1010. The van der Waals surface area contributed by atoms with E-state index in [1.54, 1.807) is 6.07 Å². The second kappa shape index (κ2) is 10.3. The van der Waals surface area contributed by atoms with Crippen molar-refractivity contribution in [2.45, 2.75) is 57.5 Å². The standard InChI is InChI=1S/C26H24F6/c1-2-3-4-5-17-6-8-18(9-7-17)19-10-11-21(23(27)14-19)20-15-24(28)22(25(29)16-20)12-13-26(30,31)32/h4-5,10-11,14-18H,2-3,6-9H2,1H3. The molecule has 0 saturated heterocycles. The molecule has 0 bridgehead atoms. The van der Waals surface area contributed by atoms with Crippen LogP contribution in [0, 0.1) is 35.2 Å². The third kappa shape index (κ3) is 6.18. The van der Waals surface area contributed by atoms with Crippen LogP contribution < -0.4 is 0 Å². The van der Waals surface area contributed by atoms with Crippen molar-refractivity contribution < 1.29 is 26.3 Å². The molecule has 0 amide bonds. The second-order valence-corrected chi connectivity index (χ2v) is 8.13. The largest absolute Gasteiger partial charge is 0.458 e. The van der Waals surface area contributed by atoms with Crippen molar-refractivity contribution in [3.05, 3.63) is 71.1 Å². The van der Waals surface area contributed by atoms with Crippen LogP contribution in [0.2, 0.25) is 0 Å². The molecule has 0 N–H and O–H groups in total. The van der Waals surface area contributed by atoms with Crippen molar-refractivity contribution in [1.82, 2.24) is 0 Å². The first-order valence-electron chi connectivity index (χ1n) is 10.7. The first-order valence-corrected chi connectivity index (χ1v) is 10.7. The van der Waals surface area contributed by atoms with Gasteiger partial charge in [-0.25, -0.2) is 13.2 Å². The first kappa shape index (κ1) is 24.0. The number of hydrogen-bond donors (Lipinski definition) is 0. The summed E-state index contributed by atoms with van der Waals surface area (Å²) in [5.74, 6) is -0.0838. The fourth-order valence-electron chi connectivity index (χ4n) is 4.10. The Labute approximate surface area is 184 Å². The molecule has 1 aliphatic rings. The molecule has 0 aromatic heterocycles. The molecule has 6 heteroatoms. The zero-order valence-electron chi connectivity index (χ0n) is 17.7. The summed E-state index contributed by atoms with van der Waals surface area (Å²) in [5, 5.41) is 0. The zero-order valence-corrected chi connectivity index (χ0v) is 17.7. The molecule has 0 heterocycles. The third-order valence-electron chi connectivity index (χ3n) is 5.78. The summed E-state index contributed by atoms with van der Waals surface area (Å²) < 4.78 is 79.8. The molecular formula is C26H24F6. The van der Waals surface area contributed by atoms with Crippen LogP contribution in [-0.4, -0.2) is 6.18 Å². The smallest absolute Gasteiger partial charge is 0.206 e. The number of halogens is 6. The Hall–Kier alpha value is -2.68. The van der Waals surface area contributed by atoms with Gasteiger partial charge in [-0.1, -0.05) is 43.5 Å². The van der Waals surface area contributed by atoms with Gasteiger partial charge in [0.2, 0.25) is 0 Å². The van der Waals surface area contributed by atoms with Gasteiger partial charge in [-0.2, -0.15) is 13.2 Å². The topological polar surface area (TPSA) is 0 Å². The Morgan fingerprint density at radius 2 is 1.59 bits per heavy atom. The molecule has 32 heavy (non-hydrogen) atoms. The summed E-state index contributed by atoms with van der Waals surface area (Å²) in [6, 6.07) is 6.21. The number of rotatable bonds is 5. The van der Waals surface area contributed by atoms with Crippen LogP contribution in [0.5, 0.6) is 0 Å². The van der Waals surface area contributed by atoms with E-state index in [1.165, 1.54) is 18.1 Å². The van der Waals surface area contributed by atoms with Crippen molar-refractivity contribution >= 4 is 0 Å². The minimum Gasteiger partial charge on any atom is -0.206 e. The van der Waals surface area contributed by atoms with Crippen LogP contribution in [0.3, 0.4) is 0 Å². The summed E-state index contributed by atoms with van der Waals surface area (Å²) in [5.41, 5.74) is -0.256. The molecule has 0 nitrogen and oxygen atoms in total. The molecule has 1 fully saturated rings. The van der Waals surface area contributed by atoms with Gasteiger partial charge in [0.25, 0.3) is 0 Å². The quantitative estimate of drug-likeness (QED) is 0.244. The monoisotopic (exact) mass is 450 g/mol. The Morgan fingerprint density at radius 1 is 0.938 bits per heavy atom. The summed E-state index contributed by atoms with van der Waals surface area (Å²) in [4.78, 5) is 0. The van der Waals surface area contributed by atoms with E-state index < -0.39 is 29.2 Å². The lowest BCUT2D eigenvalue weighted by Gasteiger charge is -2.27. The normalized spacial score (nSPS) is 19.1. The molecule has 0 radical (unpaired) electrons. The molecule has 0 spiro atoms. The van der Waals surface area contributed by atoms with E-state index in [9.17, 15) is 26.3 Å². The van der Waals surface area contributed by atoms with Crippen LogP contribution in [0.1, 0.15) is 62.5 Å². The maximum Gasteiger partial charge on any atom is 0.458 e. The van der Waals surface area contributed by atoms with Gasteiger partial charge >= 0.3 is 6.18 Å². The molecule has 3 rings (SSSR count). The van der Waals surface area contributed by atoms with Crippen LogP contribution in [0.25, 0.3) is 11.1 Å². The Morgan fingerprint density at radius 3 is 2.16 bits per heavy atom. The van der Waals surface area contributed by atoms with E-state index in [0.29, 0.717) is 5.92 Å². The number of allylic oxidation sites excluding steroid dienone is 2. The third-order valence-corrected chi connectivity index (χ3v) is 5.78. The second-order valence-electron chi connectivity index (χ2n) is 8.13. The van der Waals surface area contributed by atoms with E-state index >= 15 is 0 Å². The molecule has 1 saturated carbocycles. The van der Waals surface area contributed by atoms with Gasteiger partial charge < -0.3 is 0 Å². The van der Waals surface area contributed by atoms with Crippen molar-refractivity contribution in [2.75, 3.05) is 0 Å². The van der Waals surface area contributed by atoms with E-state index in [4.69, 9.17) is 0 Å².